The monoisotopic (exact) mass is 424 g/mol. The Morgan fingerprint density at radius 1 is 1.07 bits per heavy atom. The van der Waals surface area contributed by atoms with Crippen molar-refractivity contribution in [3.8, 4) is 5.75 Å². The van der Waals surface area contributed by atoms with Gasteiger partial charge in [0, 0.05) is 38.7 Å². The van der Waals surface area contributed by atoms with E-state index in [-0.39, 0.29) is 32.1 Å². The smallest absolute Gasteiger partial charge is 0.246 e. The predicted octanol–water partition coefficient (Wildman–Crippen LogP) is 2.44. The lowest BCUT2D eigenvalue weighted by Gasteiger charge is -2.34. The Kier molecular flexibility index (Phi) is 6.49. The van der Waals surface area contributed by atoms with E-state index in [1.807, 2.05) is 24.3 Å². The molecule has 3 rings (SSSR count). The molecule has 2 aromatic carbocycles. The van der Waals surface area contributed by atoms with Crippen molar-refractivity contribution in [2.75, 3.05) is 33.3 Å². The van der Waals surface area contributed by atoms with Gasteiger partial charge < -0.3 is 9.64 Å². The Bertz CT molecular complexity index is 990. The fraction of sp³-hybridized carbons (Fsp3) is 0.350. The van der Waals surface area contributed by atoms with Gasteiger partial charge in [0.05, 0.1) is 7.11 Å². The number of methoxy groups -OCH3 is 1. The maximum absolute atomic E-state index is 13.9. The van der Waals surface area contributed by atoms with E-state index in [2.05, 4.69) is 0 Å². The average molecular weight is 424 g/mol. The van der Waals surface area contributed by atoms with Crippen LogP contribution in [0.5, 0.6) is 5.75 Å². The van der Waals surface area contributed by atoms with E-state index in [1.165, 1.54) is 0 Å². The molecule has 1 fully saturated rings. The standard InChI is InChI=1S/C20H22F2N2O4S/c1-28-17-4-2-3-15(13-17)5-8-20(25)23-9-11-24(12-10-23)29(26,27)19-7-6-16(21)14-18(19)22/h2-4,6-7,13-14H,5,8-12H2,1H3. The van der Waals surface area contributed by atoms with Gasteiger partial charge >= 0.3 is 0 Å². The van der Waals surface area contributed by atoms with Gasteiger partial charge in [-0.25, -0.2) is 17.2 Å². The zero-order valence-electron chi connectivity index (χ0n) is 16.0. The van der Waals surface area contributed by atoms with Crippen molar-refractivity contribution in [2.45, 2.75) is 17.7 Å². The van der Waals surface area contributed by atoms with Gasteiger partial charge in [0.2, 0.25) is 15.9 Å². The molecule has 6 nitrogen and oxygen atoms in total. The summed E-state index contributed by atoms with van der Waals surface area (Å²) in [6.07, 6.45) is 0.849. The zero-order valence-corrected chi connectivity index (χ0v) is 16.8. The number of carbonyl (C=O) groups is 1. The van der Waals surface area contributed by atoms with Crippen molar-refractivity contribution in [1.82, 2.24) is 9.21 Å². The first-order valence-electron chi connectivity index (χ1n) is 9.17. The minimum atomic E-state index is -4.08. The van der Waals surface area contributed by atoms with Crippen LogP contribution in [0.25, 0.3) is 0 Å². The van der Waals surface area contributed by atoms with Crippen molar-refractivity contribution in [3.63, 3.8) is 0 Å². The minimum absolute atomic E-state index is 0.0596. The van der Waals surface area contributed by atoms with Crippen molar-refractivity contribution in [1.29, 1.82) is 0 Å². The third kappa shape index (κ3) is 4.91. The Labute approximate surface area is 168 Å². The highest BCUT2D eigenvalue weighted by atomic mass is 32.2. The van der Waals surface area contributed by atoms with E-state index < -0.39 is 26.6 Å². The van der Waals surface area contributed by atoms with Gasteiger partial charge in [-0.05, 0) is 36.2 Å². The van der Waals surface area contributed by atoms with Crippen molar-refractivity contribution >= 4 is 15.9 Å². The van der Waals surface area contributed by atoms with E-state index in [0.29, 0.717) is 18.9 Å². The highest BCUT2D eigenvalue weighted by Crippen LogP contribution is 2.22. The van der Waals surface area contributed by atoms with Gasteiger partial charge in [0.15, 0.2) is 0 Å². The number of sulfonamides is 1. The van der Waals surface area contributed by atoms with Crippen LogP contribution in [0.4, 0.5) is 8.78 Å². The molecule has 0 saturated carbocycles. The molecule has 0 bridgehead atoms. The molecule has 1 aliphatic rings. The SMILES string of the molecule is COc1cccc(CCC(=O)N2CCN(S(=O)(=O)c3ccc(F)cc3F)CC2)c1. The number of ether oxygens (including phenoxy) is 1. The van der Waals surface area contributed by atoms with Crippen LogP contribution in [0.15, 0.2) is 47.4 Å². The number of benzene rings is 2. The summed E-state index contributed by atoms with van der Waals surface area (Å²) in [7, 11) is -2.50. The number of aryl methyl sites for hydroxylation is 1. The number of amides is 1. The quantitative estimate of drug-likeness (QED) is 0.715. The van der Waals surface area contributed by atoms with E-state index >= 15 is 0 Å². The third-order valence-electron chi connectivity index (χ3n) is 4.86. The molecule has 9 heteroatoms. The zero-order chi connectivity index (χ0) is 21.0. The van der Waals surface area contributed by atoms with Crippen LogP contribution in [0.1, 0.15) is 12.0 Å². The minimum Gasteiger partial charge on any atom is -0.497 e. The number of rotatable bonds is 6. The normalized spacial score (nSPS) is 15.3. The van der Waals surface area contributed by atoms with Crippen LogP contribution in [-0.4, -0.2) is 56.8 Å². The first kappa shape index (κ1) is 21.2. The molecule has 0 N–H and O–H groups in total. The molecule has 1 amide bonds. The Balaban J connectivity index is 1.57. The molecule has 0 atom stereocenters. The number of piperazine rings is 1. The molecule has 29 heavy (non-hydrogen) atoms. The average Bonchev–Trinajstić information content (AvgIpc) is 2.72. The lowest BCUT2D eigenvalue weighted by Crippen LogP contribution is -2.50. The molecule has 0 spiro atoms. The topological polar surface area (TPSA) is 66.9 Å². The first-order valence-corrected chi connectivity index (χ1v) is 10.6. The van der Waals surface area contributed by atoms with Crippen molar-refractivity contribution in [2.24, 2.45) is 0 Å². The number of carbonyl (C=O) groups excluding carboxylic acids is 1. The summed E-state index contributed by atoms with van der Waals surface area (Å²) in [6.45, 7) is 0.562. The maximum Gasteiger partial charge on any atom is 0.246 e. The predicted molar refractivity (Wildman–Crippen MR) is 103 cm³/mol. The van der Waals surface area contributed by atoms with Gasteiger partial charge in [-0.1, -0.05) is 12.1 Å². The van der Waals surface area contributed by atoms with E-state index in [9.17, 15) is 22.0 Å². The molecule has 156 valence electrons. The Morgan fingerprint density at radius 3 is 2.45 bits per heavy atom. The summed E-state index contributed by atoms with van der Waals surface area (Å²) in [4.78, 5) is 13.5. The van der Waals surface area contributed by atoms with Crippen molar-refractivity contribution < 1.29 is 26.7 Å². The number of hydrogen-bond acceptors (Lipinski definition) is 4. The number of hydrogen-bond donors (Lipinski definition) is 0. The molecule has 0 aliphatic carbocycles. The van der Waals surface area contributed by atoms with Gasteiger partial charge in [-0.3, -0.25) is 4.79 Å². The molecule has 0 unspecified atom stereocenters. The molecule has 2 aromatic rings. The highest BCUT2D eigenvalue weighted by molar-refractivity contribution is 7.89. The maximum atomic E-state index is 13.9. The second-order valence-corrected chi connectivity index (χ2v) is 8.62. The highest BCUT2D eigenvalue weighted by Gasteiger charge is 2.31. The van der Waals surface area contributed by atoms with Gasteiger partial charge in [-0.2, -0.15) is 4.31 Å². The van der Waals surface area contributed by atoms with Crippen LogP contribution in [0.3, 0.4) is 0 Å². The summed E-state index contributed by atoms with van der Waals surface area (Å²) in [5, 5.41) is 0. The van der Waals surface area contributed by atoms with Crippen LogP contribution >= 0.6 is 0 Å². The Morgan fingerprint density at radius 2 is 1.79 bits per heavy atom. The molecular formula is C20H22F2N2O4S. The van der Waals surface area contributed by atoms with E-state index in [0.717, 1.165) is 27.8 Å². The molecule has 1 aliphatic heterocycles. The summed E-state index contributed by atoms with van der Waals surface area (Å²) in [5.41, 5.74) is 0.977. The van der Waals surface area contributed by atoms with E-state index in [1.54, 1.807) is 12.0 Å². The molecule has 1 saturated heterocycles. The number of nitrogens with zero attached hydrogens (tertiary/aromatic N) is 2. The summed E-state index contributed by atoms with van der Waals surface area (Å²) in [6, 6.07) is 9.85. The van der Waals surface area contributed by atoms with E-state index in [4.69, 9.17) is 4.74 Å². The van der Waals surface area contributed by atoms with Gasteiger partial charge in [0.25, 0.3) is 0 Å². The summed E-state index contributed by atoms with van der Waals surface area (Å²) in [5.74, 6) is -1.31. The molecule has 1 heterocycles. The first-order chi connectivity index (χ1) is 13.8. The van der Waals surface area contributed by atoms with Crippen LogP contribution in [0, 0.1) is 11.6 Å². The Hall–Kier alpha value is -2.52. The largest absolute Gasteiger partial charge is 0.497 e. The summed E-state index contributed by atoms with van der Waals surface area (Å²) >= 11 is 0. The van der Waals surface area contributed by atoms with Crippen LogP contribution in [-0.2, 0) is 21.2 Å². The van der Waals surface area contributed by atoms with Crippen LogP contribution in [0.2, 0.25) is 0 Å². The van der Waals surface area contributed by atoms with Gasteiger partial charge in [0.1, 0.15) is 22.3 Å². The second kappa shape index (κ2) is 8.87. The van der Waals surface area contributed by atoms with Crippen molar-refractivity contribution in [3.05, 3.63) is 59.7 Å². The van der Waals surface area contributed by atoms with Gasteiger partial charge in [-0.15, -0.1) is 0 Å². The third-order valence-corrected chi connectivity index (χ3v) is 6.80. The fourth-order valence-corrected chi connectivity index (χ4v) is 4.71. The fourth-order valence-electron chi connectivity index (χ4n) is 3.24. The molecule has 0 aromatic heterocycles. The number of halogens is 2. The lowest BCUT2D eigenvalue weighted by atomic mass is 10.1. The summed E-state index contributed by atoms with van der Waals surface area (Å²) < 4.78 is 58.5. The molecule has 0 radical (unpaired) electrons. The van der Waals surface area contributed by atoms with Crippen LogP contribution < -0.4 is 4.74 Å². The molecular weight excluding hydrogens is 402 g/mol. The second-order valence-electron chi connectivity index (χ2n) is 6.71. The lowest BCUT2D eigenvalue weighted by molar-refractivity contribution is -0.132.